The molecule has 1 aromatic heterocycles. The average Bonchev–Trinajstić information content (AvgIpc) is 3.04. The summed E-state index contributed by atoms with van der Waals surface area (Å²) < 4.78 is 47.3. The zero-order valence-corrected chi connectivity index (χ0v) is 17.5. The highest BCUT2D eigenvalue weighted by molar-refractivity contribution is 14.0. The Kier molecular flexibility index (Phi) is 6.98. The second-order valence-electron chi connectivity index (χ2n) is 5.96. The number of para-hydroxylation sites is 2. The second kappa shape index (κ2) is 8.65. The predicted octanol–water partition coefficient (Wildman–Crippen LogP) is 4.48. The molecule has 0 spiro atoms. The average molecular weight is 513 g/mol. The highest BCUT2D eigenvalue weighted by atomic mass is 127. The number of nitrogens with one attached hydrogen (secondary N) is 1. The Morgan fingerprint density at radius 2 is 2.11 bits per heavy atom. The fraction of sp³-hybridized carbons (Fsp3) is 0.353. The third-order valence-electron chi connectivity index (χ3n) is 3.99. The Labute approximate surface area is 175 Å². The van der Waals surface area contributed by atoms with E-state index < -0.39 is 12.0 Å². The topological polar surface area (TPSA) is 68.9 Å². The number of benzene rings is 1. The van der Waals surface area contributed by atoms with Crippen LogP contribution in [0.15, 0.2) is 40.7 Å². The number of anilines is 1. The van der Waals surface area contributed by atoms with E-state index in [0.29, 0.717) is 6.61 Å². The summed E-state index contributed by atoms with van der Waals surface area (Å²) in [6, 6.07) is 7.65. The molecule has 1 aromatic carbocycles. The van der Waals surface area contributed by atoms with E-state index in [2.05, 4.69) is 15.0 Å². The molecule has 2 aromatic rings. The number of rotatable bonds is 4. The van der Waals surface area contributed by atoms with Gasteiger partial charge >= 0.3 is 6.36 Å². The van der Waals surface area contributed by atoms with Gasteiger partial charge in [0.1, 0.15) is 5.60 Å². The zero-order chi connectivity index (χ0) is 18.8. The Hall–Kier alpha value is -1.53. The van der Waals surface area contributed by atoms with Gasteiger partial charge in [0.05, 0.1) is 18.8 Å². The van der Waals surface area contributed by atoms with Crippen LogP contribution in [-0.4, -0.2) is 25.5 Å². The lowest BCUT2D eigenvalue weighted by Crippen LogP contribution is -2.36. The number of thiophene rings is 1. The minimum atomic E-state index is -4.79. The van der Waals surface area contributed by atoms with Crippen molar-refractivity contribution in [3.63, 3.8) is 0 Å². The monoisotopic (exact) mass is 513 g/mol. The van der Waals surface area contributed by atoms with Gasteiger partial charge < -0.3 is 20.5 Å². The van der Waals surface area contributed by atoms with Crippen molar-refractivity contribution in [3.8, 4) is 5.75 Å². The summed E-state index contributed by atoms with van der Waals surface area (Å²) in [5.74, 6) is -0.395. The van der Waals surface area contributed by atoms with Crippen LogP contribution in [0.5, 0.6) is 5.75 Å². The van der Waals surface area contributed by atoms with Crippen molar-refractivity contribution in [2.75, 3.05) is 18.5 Å². The van der Waals surface area contributed by atoms with E-state index in [1.165, 1.54) is 23.1 Å². The number of alkyl halides is 3. The summed E-state index contributed by atoms with van der Waals surface area (Å²) in [6.45, 7) is 2.77. The number of halogens is 4. The van der Waals surface area contributed by atoms with Crippen LogP contribution in [0.3, 0.4) is 0 Å². The number of aliphatic imine (C=N–C) groups is 1. The molecule has 10 heteroatoms. The smallest absolute Gasteiger partial charge is 0.404 e. The lowest BCUT2D eigenvalue weighted by molar-refractivity contribution is -0.274. The number of fused-ring (bicyclic) bond motifs is 1. The first-order chi connectivity index (χ1) is 12.3. The van der Waals surface area contributed by atoms with Crippen molar-refractivity contribution in [2.24, 2.45) is 10.7 Å². The Bertz CT molecular complexity index is 813. The molecule has 0 aliphatic carbocycles. The maximum Gasteiger partial charge on any atom is 0.573 e. The summed E-state index contributed by atoms with van der Waals surface area (Å²) in [7, 11) is 0. The molecule has 5 nitrogen and oxygen atoms in total. The molecule has 0 saturated heterocycles. The van der Waals surface area contributed by atoms with Crippen LogP contribution < -0.4 is 15.8 Å². The fourth-order valence-corrected chi connectivity index (χ4v) is 3.76. The highest BCUT2D eigenvalue weighted by Gasteiger charge is 2.34. The van der Waals surface area contributed by atoms with Crippen molar-refractivity contribution in [1.82, 2.24) is 0 Å². The third kappa shape index (κ3) is 5.48. The van der Waals surface area contributed by atoms with Crippen LogP contribution in [0, 0.1) is 0 Å². The molecule has 1 unspecified atom stereocenters. The maximum absolute atomic E-state index is 12.5. The number of hydrogen-bond donors (Lipinski definition) is 2. The molecule has 2 heterocycles. The molecule has 0 saturated carbocycles. The molecule has 1 atom stereocenters. The molecule has 148 valence electrons. The molecule has 0 radical (unpaired) electrons. The molecule has 1 aliphatic rings. The van der Waals surface area contributed by atoms with Crippen molar-refractivity contribution in [1.29, 1.82) is 0 Å². The first kappa shape index (κ1) is 21.8. The van der Waals surface area contributed by atoms with Gasteiger partial charge in [0, 0.05) is 11.3 Å². The van der Waals surface area contributed by atoms with Gasteiger partial charge in [0.15, 0.2) is 11.7 Å². The zero-order valence-electron chi connectivity index (χ0n) is 14.4. The van der Waals surface area contributed by atoms with E-state index in [4.69, 9.17) is 10.5 Å². The Morgan fingerprint density at radius 1 is 1.37 bits per heavy atom. The highest BCUT2D eigenvalue weighted by Crippen LogP contribution is 2.36. The maximum atomic E-state index is 12.5. The van der Waals surface area contributed by atoms with Crippen molar-refractivity contribution in [3.05, 3.63) is 46.2 Å². The third-order valence-corrected chi connectivity index (χ3v) is 4.97. The van der Waals surface area contributed by atoms with Crippen LogP contribution in [0.4, 0.5) is 18.9 Å². The van der Waals surface area contributed by atoms with Gasteiger partial charge in [-0.3, -0.25) is 0 Å². The first-order valence-corrected chi connectivity index (χ1v) is 8.77. The molecule has 3 rings (SSSR count). The molecule has 0 fully saturated rings. The molecule has 0 bridgehead atoms. The van der Waals surface area contributed by atoms with Crippen LogP contribution in [0.25, 0.3) is 0 Å². The van der Waals surface area contributed by atoms with E-state index in [1.54, 1.807) is 17.4 Å². The SMILES string of the molecule is CC1(CN=C(N)Nc2ccccc2OC(F)(F)F)OCCc2sccc21.I. The molecule has 27 heavy (non-hydrogen) atoms. The molecule has 0 amide bonds. The van der Waals surface area contributed by atoms with E-state index in [-0.39, 0.29) is 47.9 Å². The van der Waals surface area contributed by atoms with Gasteiger partial charge in [-0.2, -0.15) is 0 Å². The Morgan fingerprint density at radius 3 is 2.85 bits per heavy atom. The number of ether oxygens (including phenoxy) is 2. The summed E-state index contributed by atoms with van der Waals surface area (Å²) in [5, 5.41) is 4.67. The minimum Gasteiger partial charge on any atom is -0.404 e. The first-order valence-electron chi connectivity index (χ1n) is 7.89. The van der Waals surface area contributed by atoms with Gasteiger partial charge in [-0.05, 0) is 36.1 Å². The normalized spacial score (nSPS) is 19.8. The molecule has 1 aliphatic heterocycles. The fourth-order valence-electron chi connectivity index (χ4n) is 2.78. The van der Waals surface area contributed by atoms with Crippen molar-refractivity contribution in [2.45, 2.75) is 25.3 Å². The lowest BCUT2D eigenvalue weighted by atomic mass is 9.93. The van der Waals surface area contributed by atoms with Crippen LogP contribution in [0.2, 0.25) is 0 Å². The second-order valence-corrected chi connectivity index (χ2v) is 6.96. The van der Waals surface area contributed by atoms with Gasteiger partial charge in [0.2, 0.25) is 0 Å². The molecular weight excluding hydrogens is 494 g/mol. The van der Waals surface area contributed by atoms with E-state index >= 15 is 0 Å². The lowest BCUT2D eigenvalue weighted by Gasteiger charge is -2.33. The summed E-state index contributed by atoms with van der Waals surface area (Å²) in [6.07, 6.45) is -3.93. The van der Waals surface area contributed by atoms with Gasteiger partial charge in [0.25, 0.3) is 0 Å². The quantitative estimate of drug-likeness (QED) is 0.360. The molecule has 3 N–H and O–H groups in total. The standard InChI is InChI=1S/C17H18F3N3O2S.HI/c1-16(11-7-9-26-14(11)6-8-24-16)10-22-15(21)23-12-4-2-3-5-13(12)25-17(18,19)20;/h2-5,7,9H,6,8,10H2,1H3,(H3,21,22,23);1H. The number of nitrogens with zero attached hydrogens (tertiary/aromatic N) is 1. The van der Waals surface area contributed by atoms with E-state index in [9.17, 15) is 13.2 Å². The van der Waals surface area contributed by atoms with E-state index in [0.717, 1.165) is 12.0 Å². The van der Waals surface area contributed by atoms with Crippen LogP contribution >= 0.6 is 35.3 Å². The number of guanidine groups is 1. The Balaban J connectivity index is 0.00000261. The van der Waals surface area contributed by atoms with Crippen LogP contribution in [-0.2, 0) is 16.8 Å². The number of nitrogens with two attached hydrogens (primary N) is 1. The van der Waals surface area contributed by atoms with Crippen molar-refractivity contribution < 1.29 is 22.6 Å². The van der Waals surface area contributed by atoms with Crippen LogP contribution in [0.1, 0.15) is 17.4 Å². The molecular formula is C17H19F3IN3O2S. The van der Waals surface area contributed by atoms with Gasteiger partial charge in [-0.15, -0.1) is 48.5 Å². The predicted molar refractivity (Wildman–Crippen MR) is 110 cm³/mol. The van der Waals surface area contributed by atoms with Gasteiger partial charge in [-0.25, -0.2) is 4.99 Å². The summed E-state index contributed by atoms with van der Waals surface area (Å²) in [5.41, 5.74) is 6.41. The summed E-state index contributed by atoms with van der Waals surface area (Å²) >= 11 is 1.67. The number of hydrogen-bond acceptors (Lipinski definition) is 4. The largest absolute Gasteiger partial charge is 0.573 e. The minimum absolute atomic E-state index is 0. The van der Waals surface area contributed by atoms with Crippen molar-refractivity contribution >= 4 is 47.0 Å². The summed E-state index contributed by atoms with van der Waals surface area (Å²) in [4.78, 5) is 5.51. The van der Waals surface area contributed by atoms with E-state index in [1.807, 2.05) is 18.4 Å². The van der Waals surface area contributed by atoms with Gasteiger partial charge in [-0.1, -0.05) is 12.1 Å².